The molecule has 3 aromatic rings. The molecular formula is C27H30O13. The third-order valence-electron chi connectivity index (χ3n) is 7.37. The highest BCUT2D eigenvalue weighted by atomic mass is 16.7. The van der Waals surface area contributed by atoms with Crippen LogP contribution in [0.15, 0.2) is 45.6 Å². The number of hydrogen-bond donors (Lipinski definition) is 8. The summed E-state index contributed by atoms with van der Waals surface area (Å²) in [4.78, 5) is 13.1. The van der Waals surface area contributed by atoms with Gasteiger partial charge in [-0.05, 0) is 38.1 Å². The van der Waals surface area contributed by atoms with Crippen LogP contribution in [0.3, 0.4) is 0 Å². The molecule has 0 radical (unpaired) electrons. The molecule has 0 spiro atoms. The number of aliphatic hydroxyl groups is 5. The minimum atomic E-state index is -1.76. The molecule has 0 aliphatic carbocycles. The van der Waals surface area contributed by atoms with E-state index < -0.39 is 78.2 Å². The number of hydrogen-bond acceptors (Lipinski definition) is 13. The maximum absolute atomic E-state index is 13.1. The molecule has 13 nitrogen and oxygen atoms in total. The molecule has 13 heteroatoms. The van der Waals surface area contributed by atoms with Gasteiger partial charge in [-0.1, -0.05) is 0 Å². The lowest BCUT2D eigenvalue weighted by atomic mass is 9.89. The molecule has 216 valence electrons. The highest BCUT2D eigenvalue weighted by Gasteiger charge is 2.50. The Kier molecular flexibility index (Phi) is 7.50. The van der Waals surface area contributed by atoms with Crippen molar-refractivity contribution in [3.8, 4) is 28.6 Å². The lowest BCUT2D eigenvalue weighted by molar-refractivity contribution is -0.336. The van der Waals surface area contributed by atoms with Crippen molar-refractivity contribution in [2.45, 2.75) is 75.1 Å². The summed E-state index contributed by atoms with van der Waals surface area (Å²) in [5.41, 5.74) is -0.767. The van der Waals surface area contributed by atoms with Crippen molar-refractivity contribution >= 4 is 11.0 Å². The molecular weight excluding hydrogens is 532 g/mol. The van der Waals surface area contributed by atoms with E-state index in [0.29, 0.717) is 5.56 Å². The molecule has 2 fully saturated rings. The van der Waals surface area contributed by atoms with Crippen LogP contribution in [-0.4, -0.2) is 96.0 Å². The van der Waals surface area contributed by atoms with E-state index in [1.54, 1.807) is 0 Å². The van der Waals surface area contributed by atoms with Gasteiger partial charge < -0.3 is 59.5 Å². The van der Waals surface area contributed by atoms with Gasteiger partial charge in [-0.25, -0.2) is 0 Å². The van der Waals surface area contributed by atoms with Crippen molar-refractivity contribution in [2.75, 3.05) is 0 Å². The van der Waals surface area contributed by atoms with Crippen LogP contribution in [0, 0.1) is 0 Å². The van der Waals surface area contributed by atoms with E-state index in [1.165, 1.54) is 38.1 Å². The molecule has 2 saturated heterocycles. The normalized spacial score (nSPS) is 34.7. The van der Waals surface area contributed by atoms with Crippen molar-refractivity contribution in [3.05, 3.63) is 52.2 Å². The van der Waals surface area contributed by atoms with Crippen LogP contribution < -0.4 is 5.43 Å². The highest BCUT2D eigenvalue weighted by molar-refractivity contribution is 5.88. The number of aliphatic hydroxyl groups excluding tert-OH is 5. The topological polar surface area (TPSA) is 220 Å². The third-order valence-corrected chi connectivity index (χ3v) is 7.37. The Morgan fingerprint density at radius 1 is 0.775 bits per heavy atom. The molecule has 10 atom stereocenters. The predicted octanol–water partition coefficient (Wildman–Crippen LogP) is -0.0289. The number of phenols is 3. The summed E-state index contributed by atoms with van der Waals surface area (Å²) in [6, 6.07) is 8.01. The SMILES string of the molecule is C[C@@H]1O[C@H](O[C@H]2[C@@H](O)[C@@H](O)[C@H](C)O[C@@H]2c2c(O)cc3oc(-c4ccc(O)cc4)cc(=O)c3c2O)[C@H](O)[C@H](O)[C@H]1O. The van der Waals surface area contributed by atoms with Crippen molar-refractivity contribution in [1.82, 2.24) is 0 Å². The molecule has 1 aromatic heterocycles. The van der Waals surface area contributed by atoms with Gasteiger partial charge in [0.25, 0.3) is 0 Å². The van der Waals surface area contributed by atoms with Gasteiger partial charge in [0.15, 0.2) is 11.7 Å². The number of benzene rings is 2. The quantitative estimate of drug-likeness (QED) is 0.210. The van der Waals surface area contributed by atoms with E-state index in [4.69, 9.17) is 18.6 Å². The third kappa shape index (κ3) is 4.80. The van der Waals surface area contributed by atoms with Crippen LogP contribution in [0.1, 0.15) is 25.5 Å². The van der Waals surface area contributed by atoms with Crippen molar-refractivity contribution in [2.24, 2.45) is 0 Å². The fourth-order valence-corrected chi connectivity index (χ4v) is 5.06. The molecule has 3 heterocycles. The highest BCUT2D eigenvalue weighted by Crippen LogP contribution is 2.46. The summed E-state index contributed by atoms with van der Waals surface area (Å²) >= 11 is 0. The average Bonchev–Trinajstić information content (AvgIpc) is 2.91. The van der Waals surface area contributed by atoms with Gasteiger partial charge in [0, 0.05) is 17.7 Å². The largest absolute Gasteiger partial charge is 0.508 e. The molecule has 5 rings (SSSR count). The number of fused-ring (bicyclic) bond motifs is 1. The van der Waals surface area contributed by atoms with Gasteiger partial charge >= 0.3 is 0 Å². The second kappa shape index (κ2) is 10.6. The van der Waals surface area contributed by atoms with E-state index in [2.05, 4.69) is 0 Å². The Hall–Kier alpha value is -3.27. The fraction of sp³-hybridized carbons (Fsp3) is 0.444. The van der Waals surface area contributed by atoms with Crippen LogP contribution in [0.25, 0.3) is 22.3 Å². The first-order chi connectivity index (χ1) is 18.9. The zero-order valence-corrected chi connectivity index (χ0v) is 21.4. The smallest absolute Gasteiger partial charge is 0.197 e. The van der Waals surface area contributed by atoms with Crippen LogP contribution in [0.5, 0.6) is 17.2 Å². The summed E-state index contributed by atoms with van der Waals surface area (Å²) in [5, 5.41) is 83.4. The van der Waals surface area contributed by atoms with E-state index in [0.717, 1.165) is 12.1 Å². The predicted molar refractivity (Wildman–Crippen MR) is 135 cm³/mol. The minimum absolute atomic E-state index is 0.00361. The number of aromatic hydroxyl groups is 3. The van der Waals surface area contributed by atoms with Gasteiger partial charge in [0.05, 0.1) is 17.8 Å². The van der Waals surface area contributed by atoms with Gasteiger partial charge in [-0.3, -0.25) is 4.79 Å². The van der Waals surface area contributed by atoms with Crippen molar-refractivity contribution in [3.63, 3.8) is 0 Å². The first kappa shape index (κ1) is 28.3. The molecule has 2 aromatic carbocycles. The summed E-state index contributed by atoms with van der Waals surface area (Å²) in [7, 11) is 0. The van der Waals surface area contributed by atoms with Crippen molar-refractivity contribution in [1.29, 1.82) is 0 Å². The first-order valence-electron chi connectivity index (χ1n) is 12.6. The Morgan fingerprint density at radius 2 is 1.40 bits per heavy atom. The van der Waals surface area contributed by atoms with E-state index in [9.17, 15) is 45.6 Å². The summed E-state index contributed by atoms with van der Waals surface area (Å²) in [5.74, 6) is -1.22. The Bertz CT molecular complexity index is 1440. The molecule has 0 amide bonds. The molecule has 2 aliphatic rings. The lowest BCUT2D eigenvalue weighted by Gasteiger charge is -2.46. The molecule has 2 aliphatic heterocycles. The van der Waals surface area contributed by atoms with Crippen LogP contribution >= 0.6 is 0 Å². The van der Waals surface area contributed by atoms with E-state index in [-0.39, 0.29) is 28.0 Å². The maximum Gasteiger partial charge on any atom is 0.197 e. The first-order valence-corrected chi connectivity index (χ1v) is 12.6. The maximum atomic E-state index is 13.1. The monoisotopic (exact) mass is 562 g/mol. The Labute approximate surface area is 226 Å². The van der Waals surface area contributed by atoms with E-state index in [1.807, 2.05) is 0 Å². The van der Waals surface area contributed by atoms with Crippen LogP contribution in [-0.2, 0) is 14.2 Å². The minimum Gasteiger partial charge on any atom is -0.508 e. The number of ether oxygens (including phenoxy) is 3. The van der Waals surface area contributed by atoms with E-state index >= 15 is 0 Å². The zero-order valence-electron chi connectivity index (χ0n) is 21.4. The second-order valence-electron chi connectivity index (χ2n) is 10.1. The molecule has 0 bridgehead atoms. The summed E-state index contributed by atoms with van der Waals surface area (Å²) in [6.07, 6.45) is -14.8. The second-order valence-corrected chi connectivity index (χ2v) is 10.1. The molecule has 0 saturated carbocycles. The van der Waals surface area contributed by atoms with Crippen LogP contribution in [0.2, 0.25) is 0 Å². The van der Waals surface area contributed by atoms with Crippen LogP contribution in [0.4, 0.5) is 0 Å². The van der Waals surface area contributed by atoms with Crippen molar-refractivity contribution < 1.29 is 59.5 Å². The number of rotatable bonds is 4. The number of phenolic OH excluding ortho intramolecular Hbond substituents is 3. The molecule has 40 heavy (non-hydrogen) atoms. The fourth-order valence-electron chi connectivity index (χ4n) is 5.06. The summed E-state index contributed by atoms with van der Waals surface area (Å²) in [6.45, 7) is 2.85. The Morgan fingerprint density at radius 3 is 2.08 bits per heavy atom. The zero-order chi connectivity index (χ0) is 29.0. The molecule has 8 N–H and O–H groups in total. The van der Waals surface area contributed by atoms with Gasteiger partial charge in [0.2, 0.25) is 0 Å². The summed E-state index contributed by atoms with van der Waals surface area (Å²) < 4.78 is 22.8. The van der Waals surface area contributed by atoms with Gasteiger partial charge in [0.1, 0.15) is 76.7 Å². The standard InChI is InChI=1S/C27H30O13/c1-9-20(32)23(35)26(40-27-24(36)22(34)19(31)10(2)38-27)25(37-9)18-14(30)8-16-17(21(18)33)13(29)7-15(39-16)11-3-5-12(28)6-4-11/h3-10,19-20,22-28,30-36H,1-2H3/t9-,10-,19-,20-,22+,23-,24+,25+,26-,27+/m0/s1. The average molecular weight is 563 g/mol. The van der Waals surface area contributed by atoms with Gasteiger partial charge in [-0.15, -0.1) is 0 Å². The lowest BCUT2D eigenvalue weighted by Crippen LogP contribution is -2.61. The van der Waals surface area contributed by atoms with Gasteiger partial charge in [-0.2, -0.15) is 0 Å². The Balaban J connectivity index is 1.57. The molecule has 0 unspecified atom stereocenters.